The molecule has 2 bridgehead atoms. The fourth-order valence-electron chi connectivity index (χ4n) is 5.21. The Morgan fingerprint density at radius 2 is 2.32 bits per heavy atom. The zero-order chi connectivity index (χ0) is 15.6. The molecular formula is C15H22N2O4S. The highest BCUT2D eigenvalue weighted by atomic mass is 32.2. The van der Waals surface area contributed by atoms with Crippen LogP contribution >= 0.6 is 11.8 Å². The van der Waals surface area contributed by atoms with Gasteiger partial charge in [-0.25, -0.2) is 0 Å². The van der Waals surface area contributed by atoms with Gasteiger partial charge in [-0.3, -0.25) is 9.59 Å². The molecular weight excluding hydrogens is 304 g/mol. The van der Waals surface area contributed by atoms with Crippen molar-refractivity contribution in [2.75, 3.05) is 19.1 Å². The van der Waals surface area contributed by atoms with Gasteiger partial charge in [0.05, 0.1) is 18.1 Å². The lowest BCUT2D eigenvalue weighted by molar-refractivity contribution is -0.160. The SMILES string of the molecule is CNC(=O)C(CCSC)N1C(=O)C2C3CC4C(OC1C42)C3O. The van der Waals surface area contributed by atoms with E-state index in [9.17, 15) is 14.7 Å². The molecule has 8 atom stereocenters. The number of fused-ring (bicyclic) bond motifs is 2. The van der Waals surface area contributed by atoms with Crippen LogP contribution in [0.3, 0.4) is 0 Å². The number of nitrogens with one attached hydrogen (secondary N) is 1. The molecule has 4 rings (SSSR count). The maximum atomic E-state index is 12.9. The molecule has 2 saturated carbocycles. The molecule has 4 fully saturated rings. The van der Waals surface area contributed by atoms with Crippen molar-refractivity contribution >= 4 is 23.6 Å². The zero-order valence-electron chi connectivity index (χ0n) is 12.8. The third kappa shape index (κ3) is 1.70. The minimum atomic E-state index is -0.507. The van der Waals surface area contributed by atoms with Crippen LogP contribution in [0.15, 0.2) is 0 Å². The Morgan fingerprint density at radius 3 is 3.00 bits per heavy atom. The van der Waals surface area contributed by atoms with E-state index < -0.39 is 12.1 Å². The number of likely N-dealkylation sites (tertiary alicyclic amines) is 1. The Bertz CT molecular complexity index is 516. The maximum absolute atomic E-state index is 12.9. The van der Waals surface area contributed by atoms with Gasteiger partial charge in [0, 0.05) is 13.0 Å². The van der Waals surface area contributed by atoms with E-state index >= 15 is 0 Å². The molecule has 0 spiro atoms. The van der Waals surface area contributed by atoms with Crippen LogP contribution in [0, 0.1) is 23.7 Å². The van der Waals surface area contributed by atoms with Crippen molar-refractivity contribution in [3.8, 4) is 0 Å². The summed E-state index contributed by atoms with van der Waals surface area (Å²) < 4.78 is 6.05. The van der Waals surface area contributed by atoms with Crippen LogP contribution in [0.5, 0.6) is 0 Å². The summed E-state index contributed by atoms with van der Waals surface area (Å²) in [4.78, 5) is 26.9. The van der Waals surface area contributed by atoms with Gasteiger partial charge < -0.3 is 20.1 Å². The average molecular weight is 326 g/mol. The van der Waals surface area contributed by atoms with Crippen LogP contribution in [0.2, 0.25) is 0 Å². The van der Waals surface area contributed by atoms with Crippen LogP contribution in [0.4, 0.5) is 0 Å². The third-order valence-electron chi connectivity index (χ3n) is 6.03. The molecule has 0 aromatic rings. The molecule has 0 radical (unpaired) electrons. The van der Waals surface area contributed by atoms with E-state index in [1.54, 1.807) is 23.7 Å². The van der Waals surface area contributed by atoms with Crippen molar-refractivity contribution in [2.24, 2.45) is 23.7 Å². The number of amides is 2. The Balaban J connectivity index is 1.64. The summed E-state index contributed by atoms with van der Waals surface area (Å²) in [5, 5.41) is 13.0. The van der Waals surface area contributed by atoms with E-state index in [0.29, 0.717) is 6.42 Å². The standard InChI is InChI=1S/C15H22N2O4S/c1-16-13(19)8(3-4-22-2)17-14(20)9-6-5-7-10(9)15(17)21-12(7)11(6)18/h6-12,15,18H,3-5H2,1-2H3,(H,16,19). The number of thioether (sulfide) groups is 1. The second-order valence-corrected chi connectivity index (χ2v) is 7.79. The fourth-order valence-corrected chi connectivity index (χ4v) is 5.67. The van der Waals surface area contributed by atoms with E-state index in [1.165, 1.54) is 0 Å². The highest BCUT2D eigenvalue weighted by Gasteiger charge is 2.73. The normalized spacial score (nSPS) is 45.7. The molecule has 2 aliphatic heterocycles. The molecule has 0 aromatic heterocycles. The Kier molecular flexibility index (Phi) is 3.43. The van der Waals surface area contributed by atoms with Gasteiger partial charge in [0.15, 0.2) is 0 Å². The summed E-state index contributed by atoms with van der Waals surface area (Å²) in [6.07, 6.45) is 2.56. The lowest BCUT2D eigenvalue weighted by Crippen LogP contribution is -2.53. The summed E-state index contributed by atoms with van der Waals surface area (Å²) >= 11 is 1.67. The van der Waals surface area contributed by atoms with Crippen molar-refractivity contribution in [2.45, 2.75) is 37.3 Å². The molecule has 0 aromatic carbocycles. The number of ether oxygens (including phenoxy) is 1. The summed E-state index contributed by atoms with van der Waals surface area (Å²) in [6, 6.07) is -0.462. The van der Waals surface area contributed by atoms with E-state index in [2.05, 4.69) is 5.32 Å². The zero-order valence-corrected chi connectivity index (χ0v) is 13.6. The number of aliphatic hydroxyl groups is 1. The number of hydrogen-bond donors (Lipinski definition) is 2. The van der Waals surface area contributed by atoms with Gasteiger partial charge in [-0.1, -0.05) is 0 Å². The summed E-state index contributed by atoms with van der Waals surface area (Å²) in [5.41, 5.74) is 0. The molecule has 122 valence electrons. The van der Waals surface area contributed by atoms with Gasteiger partial charge in [-0.05, 0) is 36.7 Å². The summed E-state index contributed by atoms with van der Waals surface area (Å²) in [6.45, 7) is 0. The summed E-state index contributed by atoms with van der Waals surface area (Å²) in [5.74, 6) is 1.04. The molecule has 8 unspecified atom stereocenters. The number of carbonyl (C=O) groups excluding carboxylic acids is 2. The van der Waals surface area contributed by atoms with Crippen molar-refractivity contribution < 1.29 is 19.4 Å². The maximum Gasteiger partial charge on any atom is 0.242 e. The van der Waals surface area contributed by atoms with E-state index in [4.69, 9.17) is 4.74 Å². The van der Waals surface area contributed by atoms with Crippen LogP contribution in [-0.2, 0) is 14.3 Å². The number of carbonyl (C=O) groups is 2. The van der Waals surface area contributed by atoms with Gasteiger partial charge in [-0.15, -0.1) is 0 Å². The molecule has 2 heterocycles. The molecule has 2 amide bonds. The van der Waals surface area contributed by atoms with Crippen molar-refractivity contribution in [3.05, 3.63) is 0 Å². The molecule has 22 heavy (non-hydrogen) atoms. The first kappa shape index (κ1) is 14.8. The lowest BCUT2D eigenvalue weighted by Gasteiger charge is -2.34. The van der Waals surface area contributed by atoms with Crippen molar-refractivity contribution in [1.29, 1.82) is 0 Å². The van der Waals surface area contributed by atoms with Gasteiger partial charge in [-0.2, -0.15) is 11.8 Å². The van der Waals surface area contributed by atoms with Crippen molar-refractivity contribution in [3.63, 3.8) is 0 Å². The smallest absolute Gasteiger partial charge is 0.242 e. The minimum Gasteiger partial charge on any atom is -0.390 e. The second-order valence-electron chi connectivity index (χ2n) is 6.81. The predicted molar refractivity (Wildman–Crippen MR) is 80.9 cm³/mol. The monoisotopic (exact) mass is 326 g/mol. The quantitative estimate of drug-likeness (QED) is 0.723. The van der Waals surface area contributed by atoms with Crippen LogP contribution < -0.4 is 5.32 Å². The van der Waals surface area contributed by atoms with E-state index in [1.807, 2.05) is 6.26 Å². The Morgan fingerprint density at radius 1 is 1.55 bits per heavy atom. The first-order chi connectivity index (χ1) is 10.6. The highest BCUT2D eigenvalue weighted by molar-refractivity contribution is 7.98. The molecule has 6 nitrogen and oxygen atoms in total. The molecule has 4 aliphatic rings. The molecule has 2 aliphatic carbocycles. The molecule has 2 N–H and O–H groups in total. The minimum absolute atomic E-state index is 0.00871. The van der Waals surface area contributed by atoms with Crippen LogP contribution in [0.1, 0.15) is 12.8 Å². The first-order valence-corrected chi connectivity index (χ1v) is 9.35. The van der Waals surface area contributed by atoms with Gasteiger partial charge in [0.1, 0.15) is 12.3 Å². The lowest BCUT2D eigenvalue weighted by atomic mass is 9.80. The Hall–Kier alpha value is -0.790. The second kappa shape index (κ2) is 5.11. The number of nitrogens with zero attached hydrogens (tertiary/aromatic N) is 1. The first-order valence-electron chi connectivity index (χ1n) is 7.96. The topological polar surface area (TPSA) is 78.9 Å². The predicted octanol–water partition coefficient (Wildman–Crippen LogP) is -0.336. The highest BCUT2D eigenvalue weighted by Crippen LogP contribution is 2.63. The third-order valence-corrected chi connectivity index (χ3v) is 6.68. The van der Waals surface area contributed by atoms with E-state index in [0.717, 1.165) is 12.2 Å². The largest absolute Gasteiger partial charge is 0.390 e. The van der Waals surface area contributed by atoms with Gasteiger partial charge in [0.2, 0.25) is 11.8 Å². The molecule has 7 heteroatoms. The number of likely N-dealkylation sites (N-methyl/N-ethyl adjacent to an activating group) is 1. The molecule has 2 saturated heterocycles. The van der Waals surface area contributed by atoms with Crippen molar-refractivity contribution in [1.82, 2.24) is 10.2 Å². The van der Waals surface area contributed by atoms with Gasteiger partial charge >= 0.3 is 0 Å². The Labute approximate surface area is 133 Å². The number of rotatable bonds is 5. The average Bonchev–Trinajstić information content (AvgIpc) is 3.18. The van der Waals surface area contributed by atoms with Gasteiger partial charge in [0.25, 0.3) is 0 Å². The van der Waals surface area contributed by atoms with Crippen LogP contribution in [-0.4, -0.2) is 65.4 Å². The number of aliphatic hydroxyl groups excluding tert-OH is 1. The fraction of sp³-hybridized carbons (Fsp3) is 0.867. The van der Waals surface area contributed by atoms with E-state index in [-0.39, 0.29) is 47.8 Å². The summed E-state index contributed by atoms with van der Waals surface area (Å²) in [7, 11) is 1.61. The number of hydrogen-bond acceptors (Lipinski definition) is 5. The van der Waals surface area contributed by atoms with Crippen LogP contribution in [0.25, 0.3) is 0 Å².